The van der Waals surface area contributed by atoms with Crippen LogP contribution in [0.2, 0.25) is 10.0 Å². The minimum Gasteiger partial charge on any atom is -0.494 e. The van der Waals surface area contributed by atoms with Gasteiger partial charge < -0.3 is 19.5 Å². The summed E-state index contributed by atoms with van der Waals surface area (Å²) in [6.45, 7) is 4.21. The van der Waals surface area contributed by atoms with Crippen molar-refractivity contribution in [2.24, 2.45) is 0 Å². The van der Waals surface area contributed by atoms with E-state index in [1.807, 2.05) is 30.3 Å². The normalized spacial score (nSPS) is 17.5. The average molecular weight is 537 g/mol. The first-order valence-electron chi connectivity index (χ1n) is 11.8. The van der Waals surface area contributed by atoms with Gasteiger partial charge in [-0.05, 0) is 53.9 Å². The molecule has 0 amide bonds. The van der Waals surface area contributed by atoms with Crippen LogP contribution in [0.4, 0.5) is 0 Å². The Hall–Kier alpha value is -1.79. The molecule has 0 bridgehead atoms. The zero-order chi connectivity index (χ0) is 23.6. The highest BCUT2D eigenvalue weighted by Gasteiger charge is 2.27. The number of hydrogen-bond acceptors (Lipinski definition) is 4. The monoisotopic (exact) mass is 535 g/mol. The molecule has 0 aromatic heterocycles. The van der Waals surface area contributed by atoms with Crippen molar-refractivity contribution in [3.8, 4) is 5.75 Å². The zero-order valence-electron chi connectivity index (χ0n) is 19.6. The lowest BCUT2D eigenvalue weighted by Crippen LogP contribution is -2.40. The van der Waals surface area contributed by atoms with Crippen molar-refractivity contribution >= 4 is 35.6 Å². The summed E-state index contributed by atoms with van der Waals surface area (Å²) < 4.78 is 17.9. The van der Waals surface area contributed by atoms with E-state index < -0.39 is 0 Å². The average Bonchev–Trinajstić information content (AvgIpc) is 2.87. The van der Waals surface area contributed by atoms with Crippen molar-refractivity contribution in [1.29, 1.82) is 0 Å². The number of piperidine rings is 1. The lowest BCUT2D eigenvalue weighted by molar-refractivity contribution is 0.0106. The molecule has 0 aliphatic carbocycles. The van der Waals surface area contributed by atoms with Crippen LogP contribution in [-0.4, -0.2) is 32.4 Å². The molecular weight excluding hydrogens is 505 g/mol. The van der Waals surface area contributed by atoms with E-state index in [0.29, 0.717) is 42.4 Å². The fraction of sp³-hybridized carbons (Fsp3) is 0.357. The fourth-order valence-electron chi connectivity index (χ4n) is 4.15. The van der Waals surface area contributed by atoms with Crippen LogP contribution in [0.3, 0.4) is 0 Å². The maximum atomic E-state index is 6.31. The number of halogens is 3. The Labute approximate surface area is 224 Å². The van der Waals surface area contributed by atoms with Gasteiger partial charge >= 0.3 is 0 Å². The van der Waals surface area contributed by atoms with Gasteiger partial charge in [0.1, 0.15) is 5.75 Å². The Kier molecular flexibility index (Phi) is 11.7. The Morgan fingerprint density at radius 1 is 0.886 bits per heavy atom. The lowest BCUT2D eigenvalue weighted by Gasteiger charge is -2.32. The van der Waals surface area contributed by atoms with Crippen molar-refractivity contribution in [1.82, 2.24) is 5.32 Å². The predicted octanol–water partition coefficient (Wildman–Crippen LogP) is 7.06. The van der Waals surface area contributed by atoms with E-state index in [1.54, 1.807) is 6.07 Å². The van der Waals surface area contributed by atoms with Gasteiger partial charge in [-0.3, -0.25) is 0 Å². The third-order valence-electron chi connectivity index (χ3n) is 6.02. The largest absolute Gasteiger partial charge is 0.494 e. The Bertz CT molecular complexity index is 1020. The van der Waals surface area contributed by atoms with Crippen LogP contribution in [0, 0.1) is 0 Å². The van der Waals surface area contributed by atoms with Crippen LogP contribution in [-0.2, 0) is 22.7 Å². The van der Waals surface area contributed by atoms with E-state index in [9.17, 15) is 0 Å². The summed E-state index contributed by atoms with van der Waals surface area (Å²) in [4.78, 5) is 0. The topological polar surface area (TPSA) is 39.7 Å². The van der Waals surface area contributed by atoms with Gasteiger partial charge in [-0.1, -0.05) is 71.7 Å². The van der Waals surface area contributed by atoms with Gasteiger partial charge in [-0.15, -0.1) is 12.4 Å². The van der Waals surface area contributed by atoms with Crippen LogP contribution in [0.15, 0.2) is 72.8 Å². The quantitative estimate of drug-likeness (QED) is 0.266. The van der Waals surface area contributed by atoms with Crippen molar-refractivity contribution < 1.29 is 14.2 Å². The van der Waals surface area contributed by atoms with Crippen molar-refractivity contribution in [2.75, 3.05) is 26.3 Å². The molecule has 1 aliphatic heterocycles. The summed E-state index contributed by atoms with van der Waals surface area (Å²) in [5.74, 6) is 1.21. The first-order chi connectivity index (χ1) is 16.7. The van der Waals surface area contributed by atoms with Crippen LogP contribution in [0.25, 0.3) is 0 Å². The Morgan fingerprint density at radius 3 is 2.46 bits per heavy atom. The third kappa shape index (κ3) is 8.68. The molecule has 0 spiro atoms. The Balaban J connectivity index is 0.00000342. The molecule has 7 heteroatoms. The molecule has 1 fully saturated rings. The molecule has 0 saturated carbocycles. The molecule has 188 valence electrons. The number of nitrogens with one attached hydrogen (secondary N) is 1. The van der Waals surface area contributed by atoms with Crippen LogP contribution in [0.1, 0.15) is 35.4 Å². The number of rotatable bonds is 11. The van der Waals surface area contributed by atoms with E-state index in [4.69, 9.17) is 37.4 Å². The van der Waals surface area contributed by atoms with Crippen molar-refractivity contribution in [2.45, 2.75) is 38.1 Å². The first-order valence-corrected chi connectivity index (χ1v) is 12.6. The minimum atomic E-state index is 0. The molecule has 1 aliphatic rings. The zero-order valence-corrected chi connectivity index (χ0v) is 22.0. The fourth-order valence-corrected chi connectivity index (χ4v) is 4.61. The van der Waals surface area contributed by atoms with Gasteiger partial charge in [0.05, 0.1) is 32.5 Å². The predicted molar refractivity (Wildman–Crippen MR) is 145 cm³/mol. The van der Waals surface area contributed by atoms with E-state index in [1.165, 1.54) is 11.1 Å². The second-order valence-electron chi connectivity index (χ2n) is 8.49. The van der Waals surface area contributed by atoms with Gasteiger partial charge in [0.25, 0.3) is 0 Å². The van der Waals surface area contributed by atoms with Crippen LogP contribution >= 0.6 is 35.6 Å². The van der Waals surface area contributed by atoms with Gasteiger partial charge in [0.2, 0.25) is 0 Å². The highest BCUT2D eigenvalue weighted by Crippen LogP contribution is 2.30. The van der Waals surface area contributed by atoms with E-state index in [0.717, 1.165) is 37.2 Å². The summed E-state index contributed by atoms with van der Waals surface area (Å²) in [7, 11) is 0. The molecule has 2 atom stereocenters. The first kappa shape index (κ1) is 27.8. The number of ether oxygens (including phenoxy) is 3. The molecular formula is C28H32Cl3NO3. The van der Waals surface area contributed by atoms with Crippen LogP contribution < -0.4 is 10.1 Å². The molecule has 1 heterocycles. The maximum absolute atomic E-state index is 6.31. The van der Waals surface area contributed by atoms with Gasteiger partial charge in [-0.25, -0.2) is 0 Å². The highest BCUT2D eigenvalue weighted by molar-refractivity contribution is 6.35. The maximum Gasteiger partial charge on any atom is 0.119 e. The summed E-state index contributed by atoms with van der Waals surface area (Å²) in [6.07, 6.45) is 1.96. The van der Waals surface area contributed by atoms with Crippen molar-refractivity contribution in [3.63, 3.8) is 0 Å². The SMILES string of the molecule is Cl.Clc1ccc(COC2CNCCC2c2ccc(OCCCOCc3ccccc3)cc2)c(Cl)c1. The molecule has 35 heavy (non-hydrogen) atoms. The molecule has 3 aromatic rings. The second kappa shape index (κ2) is 14.7. The molecule has 1 N–H and O–H groups in total. The molecule has 1 saturated heterocycles. The molecule has 4 nitrogen and oxygen atoms in total. The standard InChI is InChI=1S/C28H31Cl2NO3.ClH/c29-24-10-7-23(27(30)17-24)20-34-28-18-31-14-13-26(28)22-8-11-25(12-9-22)33-16-4-15-32-19-21-5-2-1-3-6-21;/h1-3,5-12,17,26,28,31H,4,13-16,18-20H2;1H. The summed E-state index contributed by atoms with van der Waals surface area (Å²) >= 11 is 12.3. The molecule has 4 rings (SSSR count). The Morgan fingerprint density at radius 2 is 1.69 bits per heavy atom. The molecule has 0 radical (unpaired) electrons. The van der Waals surface area contributed by atoms with Gasteiger partial charge in [-0.2, -0.15) is 0 Å². The third-order valence-corrected chi connectivity index (χ3v) is 6.60. The smallest absolute Gasteiger partial charge is 0.119 e. The minimum absolute atomic E-state index is 0. The summed E-state index contributed by atoms with van der Waals surface area (Å²) in [5, 5.41) is 4.72. The number of benzene rings is 3. The van der Waals surface area contributed by atoms with Crippen molar-refractivity contribution in [3.05, 3.63) is 99.5 Å². The molecule has 3 aromatic carbocycles. The van der Waals surface area contributed by atoms with E-state index in [-0.39, 0.29) is 18.5 Å². The van der Waals surface area contributed by atoms with E-state index >= 15 is 0 Å². The second-order valence-corrected chi connectivity index (χ2v) is 9.34. The summed E-state index contributed by atoms with van der Waals surface area (Å²) in [5.41, 5.74) is 3.41. The molecule has 2 unspecified atom stereocenters. The van der Waals surface area contributed by atoms with Gasteiger partial charge in [0.15, 0.2) is 0 Å². The number of hydrogen-bond donors (Lipinski definition) is 1. The highest BCUT2D eigenvalue weighted by atomic mass is 35.5. The lowest BCUT2D eigenvalue weighted by atomic mass is 9.87. The van der Waals surface area contributed by atoms with Crippen LogP contribution in [0.5, 0.6) is 5.75 Å². The van der Waals surface area contributed by atoms with E-state index in [2.05, 4.69) is 41.7 Å². The summed E-state index contributed by atoms with van der Waals surface area (Å²) in [6, 6.07) is 24.1. The van der Waals surface area contributed by atoms with Gasteiger partial charge in [0, 0.05) is 28.9 Å².